The first-order chi connectivity index (χ1) is 8.54. The monoisotopic (exact) mass is 292 g/mol. The first kappa shape index (κ1) is 21.0. The number of amides is 1. The average molecular weight is 293 g/mol. The number of nitrogens with zero attached hydrogens (tertiary/aromatic N) is 1. The van der Waals surface area contributed by atoms with Gasteiger partial charge in [0.25, 0.3) is 0 Å². The summed E-state index contributed by atoms with van der Waals surface area (Å²) >= 11 is 0. The van der Waals surface area contributed by atoms with Crippen molar-refractivity contribution in [3.05, 3.63) is 0 Å². The van der Waals surface area contributed by atoms with E-state index in [0.717, 1.165) is 25.9 Å². The van der Waals surface area contributed by atoms with E-state index in [4.69, 9.17) is 5.73 Å². The summed E-state index contributed by atoms with van der Waals surface area (Å²) in [6.07, 6.45) is 6.95. The second-order valence-corrected chi connectivity index (χ2v) is 5.51. The molecule has 0 saturated heterocycles. The maximum absolute atomic E-state index is 12.3. The molecular weight excluding hydrogens is 260 g/mol. The van der Waals surface area contributed by atoms with E-state index in [1.165, 1.54) is 25.7 Å². The van der Waals surface area contributed by atoms with Crippen LogP contribution in [0.5, 0.6) is 0 Å². The van der Waals surface area contributed by atoms with Crippen LogP contribution in [0.1, 0.15) is 66.2 Å². The van der Waals surface area contributed by atoms with Crippen molar-refractivity contribution in [3.8, 4) is 0 Å². The molecule has 0 rings (SSSR count). The molecule has 3 nitrogen and oxygen atoms in total. The third kappa shape index (κ3) is 9.28. The molecule has 1 atom stereocenters. The zero-order valence-electron chi connectivity index (χ0n) is 13.2. The minimum atomic E-state index is -0.340. The van der Waals surface area contributed by atoms with Crippen LogP contribution in [0.2, 0.25) is 0 Å². The Balaban J connectivity index is 0. The van der Waals surface area contributed by atoms with Crippen LogP contribution in [0.4, 0.5) is 0 Å². The highest BCUT2D eigenvalue weighted by atomic mass is 35.5. The van der Waals surface area contributed by atoms with Crippen LogP contribution in [0.25, 0.3) is 0 Å². The highest BCUT2D eigenvalue weighted by Crippen LogP contribution is 2.08. The molecule has 0 bridgehead atoms. The number of halogens is 1. The van der Waals surface area contributed by atoms with Crippen molar-refractivity contribution < 1.29 is 4.79 Å². The van der Waals surface area contributed by atoms with E-state index in [0.29, 0.717) is 0 Å². The summed E-state index contributed by atoms with van der Waals surface area (Å²) in [6.45, 7) is 10.1. The Hall–Kier alpha value is -0.280. The number of hydrogen-bond donors (Lipinski definition) is 1. The molecule has 0 aromatic carbocycles. The molecule has 0 aromatic heterocycles. The molecule has 0 aliphatic carbocycles. The largest absolute Gasteiger partial charge is 0.341 e. The van der Waals surface area contributed by atoms with Crippen LogP contribution in [-0.2, 0) is 4.79 Å². The average Bonchev–Trinajstić information content (AvgIpc) is 2.35. The van der Waals surface area contributed by atoms with Gasteiger partial charge in [-0.2, -0.15) is 0 Å². The van der Waals surface area contributed by atoms with Crippen LogP contribution in [0.15, 0.2) is 0 Å². The Morgan fingerprint density at radius 3 is 1.74 bits per heavy atom. The van der Waals surface area contributed by atoms with Crippen molar-refractivity contribution in [1.29, 1.82) is 0 Å². The van der Waals surface area contributed by atoms with E-state index in [1.54, 1.807) is 0 Å². The first-order valence-corrected chi connectivity index (χ1v) is 7.58. The predicted octanol–water partition coefficient (Wildman–Crippen LogP) is 3.60. The van der Waals surface area contributed by atoms with Crippen molar-refractivity contribution in [2.75, 3.05) is 13.1 Å². The summed E-state index contributed by atoms with van der Waals surface area (Å²) in [7, 11) is 0. The summed E-state index contributed by atoms with van der Waals surface area (Å²) in [5.74, 6) is 0.356. The third-order valence-electron chi connectivity index (χ3n) is 3.38. The standard InChI is InChI=1S/C15H32N2O.ClH/c1-5-7-9-11-17(12-10-8-6-2)15(18)14(16)13(3)4;/h13-14H,5-12,16H2,1-4H3;1H/t14-;/m1./s1. The van der Waals surface area contributed by atoms with Gasteiger partial charge in [-0.25, -0.2) is 0 Å². The second kappa shape index (κ2) is 12.7. The molecule has 0 aliphatic rings. The predicted molar refractivity (Wildman–Crippen MR) is 85.7 cm³/mol. The van der Waals surface area contributed by atoms with Gasteiger partial charge in [-0.05, 0) is 18.8 Å². The van der Waals surface area contributed by atoms with Crippen molar-refractivity contribution in [3.63, 3.8) is 0 Å². The van der Waals surface area contributed by atoms with E-state index in [1.807, 2.05) is 18.7 Å². The van der Waals surface area contributed by atoms with E-state index in [2.05, 4.69) is 13.8 Å². The van der Waals surface area contributed by atoms with Gasteiger partial charge in [0.15, 0.2) is 0 Å². The summed E-state index contributed by atoms with van der Waals surface area (Å²) in [5.41, 5.74) is 5.98. The summed E-state index contributed by atoms with van der Waals surface area (Å²) in [4.78, 5) is 14.3. The molecule has 19 heavy (non-hydrogen) atoms. The molecule has 2 N–H and O–H groups in total. The smallest absolute Gasteiger partial charge is 0.239 e. The SMILES string of the molecule is CCCCCN(CCCCC)C(=O)[C@H](N)C(C)C.Cl. The molecule has 0 heterocycles. The lowest BCUT2D eigenvalue weighted by Gasteiger charge is -2.27. The maximum Gasteiger partial charge on any atom is 0.239 e. The van der Waals surface area contributed by atoms with Crippen LogP contribution in [0.3, 0.4) is 0 Å². The summed E-state index contributed by atoms with van der Waals surface area (Å²) in [5, 5.41) is 0. The normalized spacial score (nSPS) is 12.1. The molecular formula is C15H33ClN2O. The Kier molecular flexibility index (Phi) is 14.1. The third-order valence-corrected chi connectivity index (χ3v) is 3.38. The lowest BCUT2D eigenvalue weighted by atomic mass is 10.0. The van der Waals surface area contributed by atoms with E-state index >= 15 is 0 Å². The highest BCUT2D eigenvalue weighted by molar-refractivity contribution is 5.85. The van der Waals surface area contributed by atoms with Crippen LogP contribution >= 0.6 is 12.4 Å². The lowest BCUT2D eigenvalue weighted by molar-refractivity contribution is -0.133. The summed E-state index contributed by atoms with van der Waals surface area (Å²) < 4.78 is 0. The summed E-state index contributed by atoms with van der Waals surface area (Å²) in [6, 6.07) is -0.340. The van der Waals surface area contributed by atoms with E-state index < -0.39 is 0 Å². The molecule has 0 unspecified atom stereocenters. The molecule has 0 aliphatic heterocycles. The molecule has 0 aromatic rings. The highest BCUT2D eigenvalue weighted by Gasteiger charge is 2.22. The van der Waals surface area contributed by atoms with Gasteiger partial charge in [0.1, 0.15) is 0 Å². The lowest BCUT2D eigenvalue weighted by Crippen LogP contribution is -2.47. The Labute approximate surface area is 125 Å². The fourth-order valence-electron chi connectivity index (χ4n) is 1.93. The van der Waals surface area contributed by atoms with E-state index in [-0.39, 0.29) is 30.3 Å². The molecule has 0 radical (unpaired) electrons. The number of hydrogen-bond acceptors (Lipinski definition) is 2. The molecule has 4 heteroatoms. The minimum Gasteiger partial charge on any atom is -0.341 e. The Morgan fingerprint density at radius 2 is 1.42 bits per heavy atom. The molecule has 0 fully saturated rings. The van der Waals surface area contributed by atoms with Gasteiger partial charge in [0.05, 0.1) is 6.04 Å². The Bertz CT molecular complexity index is 212. The molecule has 0 spiro atoms. The molecule has 0 saturated carbocycles. The van der Waals surface area contributed by atoms with Gasteiger partial charge in [0, 0.05) is 13.1 Å². The zero-order valence-corrected chi connectivity index (χ0v) is 14.0. The quantitative estimate of drug-likeness (QED) is 0.625. The van der Waals surface area contributed by atoms with Crippen LogP contribution in [0, 0.1) is 5.92 Å². The molecule has 116 valence electrons. The van der Waals surface area contributed by atoms with E-state index in [9.17, 15) is 4.79 Å². The number of carbonyl (C=O) groups excluding carboxylic acids is 1. The minimum absolute atomic E-state index is 0. The number of nitrogens with two attached hydrogens (primary N) is 1. The van der Waals surface area contributed by atoms with Crippen LogP contribution in [-0.4, -0.2) is 29.9 Å². The van der Waals surface area contributed by atoms with Crippen LogP contribution < -0.4 is 5.73 Å². The Morgan fingerprint density at radius 1 is 1.00 bits per heavy atom. The van der Waals surface area contributed by atoms with Gasteiger partial charge in [-0.3, -0.25) is 4.79 Å². The number of carbonyl (C=O) groups is 1. The fraction of sp³-hybridized carbons (Fsp3) is 0.933. The topological polar surface area (TPSA) is 46.3 Å². The van der Waals surface area contributed by atoms with Gasteiger partial charge in [-0.15, -0.1) is 12.4 Å². The van der Waals surface area contributed by atoms with Crippen molar-refractivity contribution in [1.82, 2.24) is 4.90 Å². The van der Waals surface area contributed by atoms with Gasteiger partial charge < -0.3 is 10.6 Å². The maximum atomic E-state index is 12.3. The molecule has 1 amide bonds. The number of unbranched alkanes of at least 4 members (excludes halogenated alkanes) is 4. The first-order valence-electron chi connectivity index (χ1n) is 7.58. The van der Waals surface area contributed by atoms with Crippen molar-refractivity contribution >= 4 is 18.3 Å². The van der Waals surface area contributed by atoms with Crippen molar-refractivity contribution in [2.45, 2.75) is 72.3 Å². The van der Waals surface area contributed by atoms with Gasteiger partial charge >= 0.3 is 0 Å². The van der Waals surface area contributed by atoms with Gasteiger partial charge in [-0.1, -0.05) is 53.4 Å². The van der Waals surface area contributed by atoms with Crippen molar-refractivity contribution in [2.24, 2.45) is 11.7 Å². The zero-order chi connectivity index (χ0) is 14.0. The van der Waals surface area contributed by atoms with Gasteiger partial charge in [0.2, 0.25) is 5.91 Å². The second-order valence-electron chi connectivity index (χ2n) is 5.51. The fourth-order valence-corrected chi connectivity index (χ4v) is 1.93. The number of rotatable bonds is 10.